The second-order valence-electron chi connectivity index (χ2n) is 5.87. The predicted molar refractivity (Wildman–Crippen MR) is 83.8 cm³/mol. The van der Waals surface area contributed by atoms with Crippen molar-refractivity contribution in [1.29, 1.82) is 0 Å². The monoisotopic (exact) mass is 294 g/mol. The van der Waals surface area contributed by atoms with Crippen LogP contribution in [0.2, 0.25) is 0 Å². The Morgan fingerprint density at radius 1 is 1.48 bits per heavy atom. The van der Waals surface area contributed by atoms with Gasteiger partial charge >= 0.3 is 0 Å². The minimum atomic E-state index is -0.110. The van der Waals surface area contributed by atoms with E-state index in [0.29, 0.717) is 6.61 Å². The Morgan fingerprint density at radius 3 is 2.95 bits per heavy atom. The van der Waals surface area contributed by atoms with Gasteiger partial charge in [0.2, 0.25) is 5.95 Å². The van der Waals surface area contributed by atoms with Crippen LogP contribution < -0.4 is 10.2 Å². The average Bonchev–Trinajstić information content (AvgIpc) is 2.52. The van der Waals surface area contributed by atoms with E-state index < -0.39 is 0 Å². The normalized spacial score (nSPS) is 22.4. The molecule has 1 aliphatic heterocycles. The number of ether oxygens (including phenoxy) is 1. The zero-order valence-electron chi connectivity index (χ0n) is 13.2. The molecule has 1 aromatic rings. The first kappa shape index (κ1) is 16.0. The summed E-state index contributed by atoms with van der Waals surface area (Å²) < 4.78 is 5.20. The van der Waals surface area contributed by atoms with E-state index in [1.165, 1.54) is 0 Å². The van der Waals surface area contributed by atoms with Crippen LogP contribution in [0.15, 0.2) is 6.07 Å². The minimum absolute atomic E-state index is 0.110. The number of aryl methyl sites for hydroxylation is 1. The number of anilines is 2. The van der Waals surface area contributed by atoms with E-state index in [-0.39, 0.29) is 12.0 Å². The smallest absolute Gasteiger partial charge is 0.227 e. The first-order valence-electron chi connectivity index (χ1n) is 7.51. The SMILES string of the molecule is CNc1cc(C)nc(N2CCCC(CO)(CCOC)C2)n1. The third kappa shape index (κ3) is 3.83. The summed E-state index contributed by atoms with van der Waals surface area (Å²) in [5.74, 6) is 1.57. The van der Waals surface area contributed by atoms with Crippen LogP contribution in [0.3, 0.4) is 0 Å². The maximum atomic E-state index is 9.85. The van der Waals surface area contributed by atoms with Crippen molar-refractivity contribution >= 4 is 11.8 Å². The maximum Gasteiger partial charge on any atom is 0.227 e. The van der Waals surface area contributed by atoms with Crippen LogP contribution >= 0.6 is 0 Å². The molecule has 0 amide bonds. The third-order valence-electron chi connectivity index (χ3n) is 4.21. The van der Waals surface area contributed by atoms with Crippen molar-refractivity contribution in [1.82, 2.24) is 9.97 Å². The van der Waals surface area contributed by atoms with Gasteiger partial charge in [-0.2, -0.15) is 4.98 Å². The summed E-state index contributed by atoms with van der Waals surface area (Å²) in [6.07, 6.45) is 2.92. The van der Waals surface area contributed by atoms with E-state index >= 15 is 0 Å². The third-order valence-corrected chi connectivity index (χ3v) is 4.21. The predicted octanol–water partition coefficient (Wildman–Crippen LogP) is 1.44. The summed E-state index contributed by atoms with van der Waals surface area (Å²) in [6.45, 7) is 4.53. The van der Waals surface area contributed by atoms with Gasteiger partial charge in [0.05, 0.1) is 6.61 Å². The molecule has 1 fully saturated rings. The van der Waals surface area contributed by atoms with Crippen LogP contribution in [0.4, 0.5) is 11.8 Å². The highest BCUT2D eigenvalue weighted by atomic mass is 16.5. The quantitative estimate of drug-likeness (QED) is 0.827. The Bertz CT molecular complexity index is 469. The summed E-state index contributed by atoms with van der Waals surface area (Å²) in [5, 5.41) is 12.9. The molecule has 1 saturated heterocycles. The van der Waals surface area contributed by atoms with Gasteiger partial charge in [-0.05, 0) is 26.2 Å². The standard InChI is InChI=1S/C15H26N4O2/c1-12-9-13(16-2)18-14(17-12)19-7-4-5-15(10-19,11-20)6-8-21-3/h9,20H,4-8,10-11H2,1-3H3,(H,16,17,18). The molecule has 0 bridgehead atoms. The maximum absolute atomic E-state index is 9.85. The number of hydrogen-bond acceptors (Lipinski definition) is 6. The second kappa shape index (κ2) is 7.04. The van der Waals surface area contributed by atoms with Crippen LogP contribution in [0.25, 0.3) is 0 Å². The molecule has 1 atom stereocenters. The minimum Gasteiger partial charge on any atom is -0.396 e. The lowest BCUT2D eigenvalue weighted by Gasteiger charge is -2.42. The zero-order valence-corrected chi connectivity index (χ0v) is 13.2. The largest absolute Gasteiger partial charge is 0.396 e. The van der Waals surface area contributed by atoms with Gasteiger partial charge in [0.1, 0.15) is 5.82 Å². The number of aliphatic hydroxyl groups is 1. The van der Waals surface area contributed by atoms with Crippen LogP contribution in [-0.2, 0) is 4.74 Å². The van der Waals surface area contributed by atoms with Gasteiger partial charge in [-0.25, -0.2) is 4.98 Å². The Balaban J connectivity index is 2.18. The van der Waals surface area contributed by atoms with Crippen LogP contribution in [0, 0.1) is 12.3 Å². The van der Waals surface area contributed by atoms with Gasteiger partial charge in [0.25, 0.3) is 0 Å². The molecule has 6 nitrogen and oxygen atoms in total. The molecular weight excluding hydrogens is 268 g/mol. The molecule has 0 aromatic carbocycles. The number of rotatable bonds is 6. The molecule has 2 N–H and O–H groups in total. The highest BCUT2D eigenvalue weighted by Crippen LogP contribution is 2.34. The van der Waals surface area contributed by atoms with Crippen molar-refractivity contribution in [3.8, 4) is 0 Å². The van der Waals surface area contributed by atoms with Gasteiger partial charge in [0.15, 0.2) is 0 Å². The Hall–Kier alpha value is -1.40. The van der Waals surface area contributed by atoms with E-state index in [1.807, 2.05) is 20.0 Å². The first-order chi connectivity index (χ1) is 10.1. The molecule has 2 heterocycles. The molecule has 1 unspecified atom stereocenters. The van der Waals surface area contributed by atoms with Crippen molar-refractivity contribution in [3.05, 3.63) is 11.8 Å². The van der Waals surface area contributed by atoms with Gasteiger partial charge < -0.3 is 20.1 Å². The van der Waals surface area contributed by atoms with E-state index in [2.05, 4.69) is 20.2 Å². The number of hydrogen-bond donors (Lipinski definition) is 2. The highest BCUT2D eigenvalue weighted by Gasteiger charge is 2.35. The number of aliphatic hydroxyl groups excluding tert-OH is 1. The topological polar surface area (TPSA) is 70.5 Å². The zero-order chi connectivity index (χ0) is 15.3. The molecule has 2 rings (SSSR count). The van der Waals surface area contributed by atoms with Crippen molar-refractivity contribution in [2.24, 2.45) is 5.41 Å². The van der Waals surface area contributed by atoms with Crippen molar-refractivity contribution in [3.63, 3.8) is 0 Å². The molecule has 0 aliphatic carbocycles. The number of piperidine rings is 1. The highest BCUT2D eigenvalue weighted by molar-refractivity contribution is 5.43. The summed E-state index contributed by atoms with van der Waals surface area (Å²) in [4.78, 5) is 11.3. The van der Waals surface area contributed by atoms with Crippen LogP contribution in [0.5, 0.6) is 0 Å². The Morgan fingerprint density at radius 2 is 2.29 bits per heavy atom. The fraction of sp³-hybridized carbons (Fsp3) is 0.733. The van der Waals surface area contributed by atoms with Crippen molar-refractivity contribution in [2.75, 3.05) is 50.7 Å². The second-order valence-corrected chi connectivity index (χ2v) is 5.87. The fourth-order valence-corrected chi connectivity index (χ4v) is 2.93. The number of methoxy groups -OCH3 is 1. The van der Waals surface area contributed by atoms with E-state index in [0.717, 1.165) is 49.8 Å². The molecule has 21 heavy (non-hydrogen) atoms. The molecular formula is C15H26N4O2. The molecule has 6 heteroatoms. The lowest BCUT2D eigenvalue weighted by molar-refractivity contribution is 0.0622. The molecule has 118 valence electrons. The Labute approximate surface area is 126 Å². The lowest BCUT2D eigenvalue weighted by Crippen LogP contribution is -2.46. The Kier molecular flexibility index (Phi) is 5.36. The fourth-order valence-electron chi connectivity index (χ4n) is 2.93. The van der Waals surface area contributed by atoms with Gasteiger partial charge in [-0.3, -0.25) is 0 Å². The van der Waals surface area contributed by atoms with E-state index in [4.69, 9.17) is 4.74 Å². The van der Waals surface area contributed by atoms with Crippen LogP contribution in [0.1, 0.15) is 25.0 Å². The molecule has 0 spiro atoms. The summed E-state index contributed by atoms with van der Waals surface area (Å²) in [6, 6.07) is 1.93. The molecule has 1 aliphatic rings. The summed E-state index contributed by atoms with van der Waals surface area (Å²) in [7, 11) is 3.56. The van der Waals surface area contributed by atoms with Crippen LogP contribution in [-0.4, -0.2) is 55.5 Å². The number of aromatic nitrogens is 2. The lowest BCUT2D eigenvalue weighted by atomic mass is 9.78. The van der Waals surface area contributed by atoms with Crippen molar-refractivity contribution < 1.29 is 9.84 Å². The van der Waals surface area contributed by atoms with E-state index in [9.17, 15) is 5.11 Å². The molecule has 0 radical (unpaired) electrons. The number of nitrogens with zero attached hydrogens (tertiary/aromatic N) is 3. The number of nitrogens with one attached hydrogen (secondary N) is 1. The average molecular weight is 294 g/mol. The summed E-state index contributed by atoms with van der Waals surface area (Å²) >= 11 is 0. The summed E-state index contributed by atoms with van der Waals surface area (Å²) in [5.41, 5.74) is 0.836. The van der Waals surface area contributed by atoms with Gasteiger partial charge in [0, 0.05) is 51.0 Å². The van der Waals surface area contributed by atoms with Crippen molar-refractivity contribution in [2.45, 2.75) is 26.2 Å². The first-order valence-corrected chi connectivity index (χ1v) is 7.51. The van der Waals surface area contributed by atoms with Gasteiger partial charge in [-0.1, -0.05) is 0 Å². The molecule has 1 aromatic heterocycles. The van der Waals surface area contributed by atoms with Gasteiger partial charge in [-0.15, -0.1) is 0 Å². The molecule has 0 saturated carbocycles. The van der Waals surface area contributed by atoms with E-state index in [1.54, 1.807) is 7.11 Å².